The number of hydrogen-bond donors (Lipinski definition) is 4. The molecule has 0 saturated heterocycles. The molecule has 0 aromatic heterocycles. The molecule has 3 atom stereocenters. The smallest absolute Gasteiger partial charge is 0.408 e. The van der Waals surface area contributed by atoms with E-state index in [2.05, 4.69) is 27.3 Å². The summed E-state index contributed by atoms with van der Waals surface area (Å²) in [6.45, 7) is 16.2. The number of nitrogens with one attached hydrogen (secondary N) is 4. The maximum absolute atomic E-state index is 14.0. The maximum Gasteiger partial charge on any atom is 0.408 e. The van der Waals surface area contributed by atoms with E-state index in [-0.39, 0.29) is 35.7 Å². The highest BCUT2D eigenvalue weighted by Crippen LogP contribution is 2.45. The lowest BCUT2D eigenvalue weighted by Gasteiger charge is -2.34. The number of rotatable bonds is 14. The summed E-state index contributed by atoms with van der Waals surface area (Å²) >= 11 is 0. The number of benzene rings is 1. The third-order valence-corrected chi connectivity index (χ3v) is 9.76. The number of para-hydroxylation sites is 1. The second-order valence-electron chi connectivity index (χ2n) is 14.4. The van der Waals surface area contributed by atoms with Crippen molar-refractivity contribution in [2.45, 2.75) is 115 Å². The number of amides is 4. The Bertz CT molecular complexity index is 1420. The molecular weight excluding hydrogens is 622 g/mol. The van der Waals surface area contributed by atoms with Gasteiger partial charge in [0.2, 0.25) is 11.8 Å². The van der Waals surface area contributed by atoms with Crippen LogP contribution in [0, 0.1) is 17.8 Å². The van der Waals surface area contributed by atoms with Crippen molar-refractivity contribution in [2.24, 2.45) is 17.8 Å². The summed E-state index contributed by atoms with van der Waals surface area (Å²) in [5, 5.41) is 8.50. The summed E-state index contributed by atoms with van der Waals surface area (Å²) in [6, 6.07) is 5.25. The highest BCUT2D eigenvalue weighted by Gasteiger charge is 2.60. The molecule has 262 valence electrons. The minimum Gasteiger partial charge on any atom is -0.444 e. The first-order valence-corrected chi connectivity index (χ1v) is 18.0. The third kappa shape index (κ3) is 10.4. The number of alkyl carbamates (subject to hydrolysis) is 1. The van der Waals surface area contributed by atoms with Crippen molar-refractivity contribution < 1.29 is 32.3 Å². The second kappa shape index (κ2) is 15.5. The van der Waals surface area contributed by atoms with E-state index in [0.717, 1.165) is 32.1 Å². The molecule has 2 aliphatic rings. The zero-order valence-corrected chi connectivity index (χ0v) is 29.7. The number of carbonyl (C=O) groups excluding carboxylic acids is 4. The van der Waals surface area contributed by atoms with Crippen molar-refractivity contribution in [3.05, 3.63) is 36.9 Å². The van der Waals surface area contributed by atoms with E-state index in [1.54, 1.807) is 52.8 Å². The lowest BCUT2D eigenvalue weighted by molar-refractivity contribution is -0.140. The minimum absolute atomic E-state index is 0.0600. The Morgan fingerprint density at radius 3 is 2.26 bits per heavy atom. The van der Waals surface area contributed by atoms with E-state index in [1.807, 2.05) is 13.8 Å². The van der Waals surface area contributed by atoms with E-state index in [4.69, 9.17) is 4.74 Å². The van der Waals surface area contributed by atoms with E-state index in [0.29, 0.717) is 12.2 Å². The van der Waals surface area contributed by atoms with Crippen LogP contribution in [0.2, 0.25) is 0 Å². The molecular formula is C34H53N5O7S. The van der Waals surface area contributed by atoms with Gasteiger partial charge in [0, 0.05) is 18.5 Å². The second-order valence-corrected chi connectivity index (χ2v) is 16.0. The Kier molecular flexibility index (Phi) is 12.5. The van der Waals surface area contributed by atoms with Crippen LogP contribution in [-0.2, 0) is 29.1 Å². The average molecular weight is 676 g/mol. The predicted molar refractivity (Wildman–Crippen MR) is 181 cm³/mol. The normalized spacial score (nSPS) is 20.6. The van der Waals surface area contributed by atoms with Gasteiger partial charge in [-0.2, -0.15) is 0 Å². The van der Waals surface area contributed by atoms with Crippen LogP contribution in [0.5, 0.6) is 0 Å². The van der Waals surface area contributed by atoms with E-state index in [9.17, 15) is 27.6 Å². The molecule has 13 heteroatoms. The number of ether oxygens (including phenoxy) is 1. The SMILES string of the molecule is C=C[C@@H]1C[C@]1(NC(=O)CN(CC1CCCCC1)C(=O)[C@@H](NC(=O)OC(C)(C)C)C(C)C)C(=O)NS(=O)(=O)c1ccccc1NC(C)C. The van der Waals surface area contributed by atoms with Crippen LogP contribution in [0.3, 0.4) is 0 Å². The molecule has 3 rings (SSSR count). The van der Waals surface area contributed by atoms with Crippen LogP contribution < -0.4 is 20.7 Å². The van der Waals surface area contributed by atoms with Crippen molar-refractivity contribution in [3.8, 4) is 0 Å². The Balaban J connectivity index is 1.82. The first kappa shape index (κ1) is 37.8. The van der Waals surface area contributed by atoms with Crippen LogP contribution in [-0.4, -0.2) is 73.4 Å². The molecule has 47 heavy (non-hydrogen) atoms. The highest BCUT2D eigenvalue weighted by molar-refractivity contribution is 7.90. The fraction of sp³-hybridized carbons (Fsp3) is 0.647. The summed E-state index contributed by atoms with van der Waals surface area (Å²) in [7, 11) is -4.31. The Labute approximate surface area is 279 Å². The highest BCUT2D eigenvalue weighted by atomic mass is 32.2. The van der Waals surface area contributed by atoms with Gasteiger partial charge in [0.25, 0.3) is 15.9 Å². The number of anilines is 1. The third-order valence-electron chi connectivity index (χ3n) is 8.37. The molecule has 2 saturated carbocycles. The van der Waals surface area contributed by atoms with Gasteiger partial charge in [0.1, 0.15) is 22.1 Å². The number of nitrogens with zero attached hydrogens (tertiary/aromatic N) is 1. The first-order valence-electron chi connectivity index (χ1n) is 16.5. The summed E-state index contributed by atoms with van der Waals surface area (Å²) < 4.78 is 34.3. The van der Waals surface area contributed by atoms with E-state index in [1.165, 1.54) is 17.0 Å². The van der Waals surface area contributed by atoms with Gasteiger partial charge in [-0.15, -0.1) is 6.58 Å². The Morgan fingerprint density at radius 2 is 1.70 bits per heavy atom. The fourth-order valence-electron chi connectivity index (χ4n) is 5.95. The largest absolute Gasteiger partial charge is 0.444 e. The molecule has 4 amide bonds. The van der Waals surface area contributed by atoms with Gasteiger partial charge < -0.3 is 25.6 Å². The van der Waals surface area contributed by atoms with Crippen LogP contribution >= 0.6 is 0 Å². The molecule has 0 unspecified atom stereocenters. The molecule has 0 radical (unpaired) electrons. The first-order chi connectivity index (χ1) is 21.9. The van der Waals surface area contributed by atoms with Gasteiger partial charge in [-0.3, -0.25) is 14.4 Å². The Hall–Kier alpha value is -3.61. The predicted octanol–water partition coefficient (Wildman–Crippen LogP) is 4.33. The van der Waals surface area contributed by atoms with Crippen LogP contribution in [0.15, 0.2) is 41.8 Å². The fourth-order valence-corrected chi connectivity index (χ4v) is 7.16. The van der Waals surface area contributed by atoms with Gasteiger partial charge in [-0.1, -0.05) is 51.3 Å². The van der Waals surface area contributed by atoms with Crippen molar-refractivity contribution >= 4 is 39.5 Å². The number of sulfonamides is 1. The quantitative estimate of drug-likeness (QED) is 0.212. The zero-order valence-electron chi connectivity index (χ0n) is 28.9. The lowest BCUT2D eigenvalue weighted by Crippen LogP contribution is -2.57. The molecule has 1 aromatic rings. The van der Waals surface area contributed by atoms with Crippen molar-refractivity contribution in [1.82, 2.24) is 20.3 Å². The zero-order chi connectivity index (χ0) is 35.2. The number of carbonyl (C=O) groups is 4. The molecule has 0 spiro atoms. The molecule has 0 bridgehead atoms. The van der Waals surface area contributed by atoms with E-state index < -0.39 is 56.9 Å². The van der Waals surface area contributed by atoms with Gasteiger partial charge in [-0.25, -0.2) is 17.9 Å². The Morgan fingerprint density at radius 1 is 1.06 bits per heavy atom. The van der Waals surface area contributed by atoms with Crippen LogP contribution in [0.25, 0.3) is 0 Å². The van der Waals surface area contributed by atoms with Crippen LogP contribution in [0.4, 0.5) is 10.5 Å². The standard InChI is InChI=1S/C34H53N5O7S/c1-9-25-19-34(25,31(42)38-47(44,45)27-18-14-13-17-26(27)35-23(4)5)37-28(40)21-39(20-24-15-11-10-12-16-24)30(41)29(22(2)3)36-32(43)46-33(6,7)8/h9,13-14,17-18,22-25,29,35H,1,10-12,15-16,19-21H2,2-8H3,(H,36,43)(H,37,40)(H,38,42)/t25-,29+,34-/m1/s1. The van der Waals surface area contributed by atoms with Crippen LogP contribution in [0.1, 0.15) is 87.0 Å². The molecule has 0 aliphatic heterocycles. The summed E-state index contributed by atoms with van der Waals surface area (Å²) in [4.78, 5) is 55.2. The van der Waals surface area contributed by atoms with Gasteiger partial charge >= 0.3 is 6.09 Å². The van der Waals surface area contributed by atoms with E-state index >= 15 is 0 Å². The molecule has 2 fully saturated rings. The summed E-state index contributed by atoms with van der Waals surface area (Å²) in [6.07, 6.45) is 5.91. The summed E-state index contributed by atoms with van der Waals surface area (Å²) in [5.41, 5.74) is -1.97. The minimum atomic E-state index is -4.31. The lowest BCUT2D eigenvalue weighted by atomic mass is 9.88. The monoisotopic (exact) mass is 675 g/mol. The van der Waals surface area contributed by atoms with Crippen molar-refractivity contribution in [2.75, 3.05) is 18.4 Å². The van der Waals surface area contributed by atoms with Gasteiger partial charge in [0.05, 0.1) is 12.2 Å². The molecule has 12 nitrogen and oxygen atoms in total. The summed E-state index contributed by atoms with van der Waals surface area (Å²) in [5.74, 6) is -2.57. The molecule has 4 N–H and O–H groups in total. The molecule has 1 aromatic carbocycles. The average Bonchev–Trinajstić information content (AvgIpc) is 3.68. The van der Waals surface area contributed by atoms with Crippen molar-refractivity contribution in [1.29, 1.82) is 0 Å². The van der Waals surface area contributed by atoms with Gasteiger partial charge in [0.15, 0.2) is 0 Å². The van der Waals surface area contributed by atoms with Crippen molar-refractivity contribution in [3.63, 3.8) is 0 Å². The number of hydrogen-bond acceptors (Lipinski definition) is 8. The molecule has 2 aliphatic carbocycles. The maximum atomic E-state index is 14.0. The molecule has 0 heterocycles. The topological polar surface area (TPSA) is 163 Å². The van der Waals surface area contributed by atoms with Gasteiger partial charge in [-0.05, 0) is 77.8 Å².